The van der Waals surface area contributed by atoms with Gasteiger partial charge >= 0.3 is 5.97 Å². The molecule has 0 fully saturated rings. The van der Waals surface area contributed by atoms with E-state index in [0.717, 1.165) is 5.56 Å². The van der Waals surface area contributed by atoms with Gasteiger partial charge in [-0.3, -0.25) is 4.79 Å². The smallest absolute Gasteiger partial charge is 0.307 e. The van der Waals surface area contributed by atoms with Crippen molar-refractivity contribution in [3.05, 3.63) is 17.7 Å². The van der Waals surface area contributed by atoms with Gasteiger partial charge in [0.25, 0.3) is 0 Å². The fourth-order valence-electron chi connectivity index (χ4n) is 2.12. The van der Waals surface area contributed by atoms with E-state index >= 15 is 0 Å². The minimum Gasteiger partial charge on any atom is -0.496 e. The summed E-state index contributed by atoms with van der Waals surface area (Å²) >= 11 is 0. The van der Waals surface area contributed by atoms with Gasteiger partial charge in [0.1, 0.15) is 5.75 Å². The molecule has 0 radical (unpaired) electrons. The first kappa shape index (κ1) is 17.1. The molecule has 0 saturated heterocycles. The molecule has 21 heavy (non-hydrogen) atoms. The fourth-order valence-corrected chi connectivity index (χ4v) is 2.12. The third kappa shape index (κ3) is 4.53. The lowest BCUT2D eigenvalue weighted by molar-refractivity contribution is -0.141. The van der Waals surface area contributed by atoms with E-state index in [-0.39, 0.29) is 0 Å². The molecule has 1 atom stereocenters. The summed E-state index contributed by atoms with van der Waals surface area (Å²) in [6.45, 7) is 2.69. The normalized spacial score (nSPS) is 12.1. The van der Waals surface area contributed by atoms with Crippen LogP contribution < -0.4 is 14.2 Å². The number of aliphatic carboxylic acids is 1. The van der Waals surface area contributed by atoms with Crippen molar-refractivity contribution >= 4 is 5.97 Å². The number of rotatable bonds is 8. The van der Waals surface area contributed by atoms with E-state index in [0.29, 0.717) is 30.3 Å². The minimum absolute atomic E-state index is 0.430. The lowest BCUT2D eigenvalue weighted by Gasteiger charge is -2.21. The Balaban J connectivity index is 2.93. The van der Waals surface area contributed by atoms with E-state index < -0.39 is 11.9 Å². The Morgan fingerprint density at radius 2 is 1.67 bits per heavy atom. The van der Waals surface area contributed by atoms with Crippen LogP contribution in [-0.2, 0) is 11.3 Å². The van der Waals surface area contributed by atoms with E-state index in [1.807, 2.05) is 18.0 Å². The van der Waals surface area contributed by atoms with Crippen LogP contribution in [0, 0.1) is 5.92 Å². The molecule has 0 spiro atoms. The van der Waals surface area contributed by atoms with E-state index in [1.54, 1.807) is 34.3 Å². The molecular weight excluding hydrogens is 274 g/mol. The monoisotopic (exact) mass is 297 g/mol. The number of carbonyl (C=O) groups is 1. The Labute approximate surface area is 125 Å². The third-order valence-corrected chi connectivity index (χ3v) is 3.23. The Kier molecular flexibility index (Phi) is 6.30. The molecule has 0 aliphatic heterocycles. The van der Waals surface area contributed by atoms with Gasteiger partial charge in [-0.2, -0.15) is 0 Å². The molecule has 6 heteroatoms. The lowest BCUT2D eigenvalue weighted by atomic mass is 10.1. The predicted octanol–water partition coefficient (Wildman–Crippen LogP) is 1.86. The summed E-state index contributed by atoms with van der Waals surface area (Å²) in [6.07, 6.45) is 0. The van der Waals surface area contributed by atoms with Crippen molar-refractivity contribution in [3.8, 4) is 17.2 Å². The summed E-state index contributed by atoms with van der Waals surface area (Å²) < 4.78 is 15.9. The first-order valence-electron chi connectivity index (χ1n) is 6.63. The number of hydrogen-bond donors (Lipinski definition) is 1. The second-order valence-electron chi connectivity index (χ2n) is 4.96. The zero-order valence-corrected chi connectivity index (χ0v) is 13.2. The maximum absolute atomic E-state index is 10.9. The van der Waals surface area contributed by atoms with Gasteiger partial charge < -0.3 is 24.2 Å². The summed E-state index contributed by atoms with van der Waals surface area (Å²) in [5.74, 6) is 0.664. The van der Waals surface area contributed by atoms with Crippen LogP contribution in [0.25, 0.3) is 0 Å². The van der Waals surface area contributed by atoms with E-state index in [2.05, 4.69) is 0 Å². The maximum atomic E-state index is 10.9. The molecule has 1 unspecified atom stereocenters. The van der Waals surface area contributed by atoms with Crippen molar-refractivity contribution in [3.63, 3.8) is 0 Å². The second kappa shape index (κ2) is 7.73. The molecule has 0 saturated carbocycles. The van der Waals surface area contributed by atoms with Crippen molar-refractivity contribution in [2.45, 2.75) is 13.5 Å². The zero-order valence-electron chi connectivity index (χ0n) is 13.2. The number of carboxylic acids is 1. The molecule has 0 aliphatic carbocycles. The standard InChI is InChI=1S/C15H23NO5/c1-10(15(17)18)8-16(2)9-11-6-13(20-4)14(21-5)7-12(11)19-3/h6-7,10H,8-9H2,1-5H3,(H,17,18). The molecule has 0 aliphatic rings. The van der Waals surface area contributed by atoms with Crippen LogP contribution in [0.3, 0.4) is 0 Å². The molecule has 1 aromatic carbocycles. The summed E-state index contributed by atoms with van der Waals surface area (Å²) in [6, 6.07) is 3.61. The quantitative estimate of drug-likeness (QED) is 0.790. The minimum atomic E-state index is -0.805. The van der Waals surface area contributed by atoms with Crippen molar-refractivity contribution in [2.75, 3.05) is 34.9 Å². The van der Waals surface area contributed by atoms with Gasteiger partial charge in [-0.1, -0.05) is 6.92 Å². The average molecular weight is 297 g/mol. The summed E-state index contributed by atoms with van der Waals surface area (Å²) in [7, 11) is 6.60. The van der Waals surface area contributed by atoms with Gasteiger partial charge in [-0.15, -0.1) is 0 Å². The molecular formula is C15H23NO5. The van der Waals surface area contributed by atoms with Crippen molar-refractivity contribution in [1.29, 1.82) is 0 Å². The largest absolute Gasteiger partial charge is 0.496 e. The second-order valence-corrected chi connectivity index (χ2v) is 4.96. The number of nitrogens with zero attached hydrogens (tertiary/aromatic N) is 1. The Bertz CT molecular complexity index is 489. The van der Waals surface area contributed by atoms with Crippen molar-refractivity contribution in [2.24, 2.45) is 5.92 Å². The van der Waals surface area contributed by atoms with E-state index in [1.165, 1.54) is 0 Å². The molecule has 0 aromatic heterocycles. The molecule has 0 amide bonds. The topological polar surface area (TPSA) is 68.2 Å². The van der Waals surface area contributed by atoms with Gasteiger partial charge in [-0.25, -0.2) is 0 Å². The molecule has 0 bridgehead atoms. The van der Waals surface area contributed by atoms with Crippen LogP contribution in [0.1, 0.15) is 12.5 Å². The molecule has 1 rings (SSSR count). The molecule has 0 heterocycles. The Hall–Kier alpha value is -1.95. The van der Waals surface area contributed by atoms with Crippen LogP contribution in [0.5, 0.6) is 17.2 Å². The van der Waals surface area contributed by atoms with Crippen LogP contribution >= 0.6 is 0 Å². The van der Waals surface area contributed by atoms with Crippen molar-refractivity contribution in [1.82, 2.24) is 4.90 Å². The highest BCUT2D eigenvalue weighted by Gasteiger charge is 2.17. The third-order valence-electron chi connectivity index (χ3n) is 3.23. The first-order valence-corrected chi connectivity index (χ1v) is 6.63. The number of hydrogen-bond acceptors (Lipinski definition) is 5. The Morgan fingerprint density at radius 3 is 2.14 bits per heavy atom. The van der Waals surface area contributed by atoms with Gasteiger partial charge in [0.2, 0.25) is 0 Å². The highest BCUT2D eigenvalue weighted by atomic mass is 16.5. The molecule has 6 nitrogen and oxygen atoms in total. The van der Waals surface area contributed by atoms with E-state index in [4.69, 9.17) is 19.3 Å². The number of benzene rings is 1. The average Bonchev–Trinajstić information content (AvgIpc) is 2.46. The molecule has 1 aromatic rings. The van der Waals surface area contributed by atoms with Crippen LogP contribution in [0.4, 0.5) is 0 Å². The Morgan fingerprint density at radius 1 is 1.14 bits per heavy atom. The maximum Gasteiger partial charge on any atom is 0.307 e. The lowest BCUT2D eigenvalue weighted by Crippen LogP contribution is -2.28. The summed E-state index contributed by atoms with van der Waals surface area (Å²) in [4.78, 5) is 12.8. The molecule has 118 valence electrons. The molecule has 1 N–H and O–H groups in total. The van der Waals surface area contributed by atoms with Crippen molar-refractivity contribution < 1.29 is 24.1 Å². The van der Waals surface area contributed by atoms with Crippen LogP contribution in [0.15, 0.2) is 12.1 Å². The highest BCUT2D eigenvalue weighted by Crippen LogP contribution is 2.35. The van der Waals surface area contributed by atoms with Gasteiger partial charge in [0.15, 0.2) is 11.5 Å². The first-order chi connectivity index (χ1) is 9.92. The highest BCUT2D eigenvalue weighted by molar-refractivity contribution is 5.69. The number of methoxy groups -OCH3 is 3. The van der Waals surface area contributed by atoms with E-state index in [9.17, 15) is 4.79 Å². The van der Waals surface area contributed by atoms with Gasteiger partial charge in [0.05, 0.1) is 27.2 Å². The fraction of sp³-hybridized carbons (Fsp3) is 0.533. The van der Waals surface area contributed by atoms with Crippen LogP contribution in [-0.4, -0.2) is 50.9 Å². The summed E-state index contributed by atoms with van der Waals surface area (Å²) in [5.41, 5.74) is 0.912. The number of carboxylic acid groups (broad SMARTS) is 1. The summed E-state index contributed by atoms with van der Waals surface area (Å²) in [5, 5.41) is 8.96. The van der Waals surface area contributed by atoms with Crippen LogP contribution in [0.2, 0.25) is 0 Å². The SMILES string of the molecule is COc1cc(OC)c(OC)cc1CN(C)CC(C)C(=O)O. The number of ether oxygens (including phenoxy) is 3. The zero-order chi connectivity index (χ0) is 16.0. The predicted molar refractivity (Wildman–Crippen MR) is 79.2 cm³/mol. The van der Waals surface area contributed by atoms with Gasteiger partial charge in [0, 0.05) is 24.7 Å². The van der Waals surface area contributed by atoms with Gasteiger partial charge in [-0.05, 0) is 13.1 Å².